The first kappa shape index (κ1) is 20.4. The lowest BCUT2D eigenvalue weighted by Gasteiger charge is -2.27. The summed E-state index contributed by atoms with van der Waals surface area (Å²) in [5.74, 6) is -1.99. The fourth-order valence-electron chi connectivity index (χ4n) is 2.86. The van der Waals surface area contributed by atoms with Gasteiger partial charge in [-0.2, -0.15) is 0 Å². The van der Waals surface area contributed by atoms with Crippen molar-refractivity contribution in [2.24, 2.45) is 5.41 Å². The highest BCUT2D eigenvalue weighted by Gasteiger charge is 2.29. The Hall–Kier alpha value is -2.89. The van der Waals surface area contributed by atoms with Crippen LogP contribution in [0.2, 0.25) is 0 Å². The molecule has 144 valence electrons. The van der Waals surface area contributed by atoms with Crippen LogP contribution in [0.25, 0.3) is 10.8 Å². The van der Waals surface area contributed by atoms with Crippen LogP contribution in [-0.2, 0) is 9.59 Å². The average molecular weight is 370 g/mol. The van der Waals surface area contributed by atoms with Crippen LogP contribution in [0.4, 0.5) is 0 Å². The van der Waals surface area contributed by atoms with E-state index in [2.05, 4.69) is 10.6 Å². The maximum atomic E-state index is 12.9. The largest absolute Gasteiger partial charge is 0.480 e. The first-order chi connectivity index (χ1) is 12.6. The van der Waals surface area contributed by atoms with Gasteiger partial charge in [-0.1, -0.05) is 57.2 Å². The van der Waals surface area contributed by atoms with E-state index in [0.717, 1.165) is 10.8 Å². The number of carbonyl (C=O) groups excluding carboxylic acids is 2. The van der Waals surface area contributed by atoms with Gasteiger partial charge in [0.2, 0.25) is 5.91 Å². The van der Waals surface area contributed by atoms with Gasteiger partial charge in [0.15, 0.2) is 0 Å². The lowest BCUT2D eigenvalue weighted by Crippen LogP contribution is -2.52. The van der Waals surface area contributed by atoms with Crippen LogP contribution in [0.1, 0.15) is 44.5 Å². The van der Waals surface area contributed by atoms with Crippen molar-refractivity contribution in [1.29, 1.82) is 0 Å². The van der Waals surface area contributed by atoms with Crippen molar-refractivity contribution in [2.75, 3.05) is 0 Å². The minimum atomic E-state index is -1.13. The summed E-state index contributed by atoms with van der Waals surface area (Å²) >= 11 is 0. The third kappa shape index (κ3) is 5.54. The number of carboxylic acid groups (broad SMARTS) is 1. The highest BCUT2D eigenvalue weighted by Crippen LogP contribution is 2.22. The molecule has 0 saturated heterocycles. The van der Waals surface area contributed by atoms with Gasteiger partial charge in [-0.3, -0.25) is 14.4 Å². The first-order valence-corrected chi connectivity index (χ1v) is 8.90. The smallest absolute Gasteiger partial charge is 0.325 e. The molecule has 2 atom stereocenters. The molecule has 0 aromatic heterocycles. The van der Waals surface area contributed by atoms with Gasteiger partial charge in [-0.25, -0.2) is 0 Å². The maximum absolute atomic E-state index is 12.9. The summed E-state index contributed by atoms with van der Waals surface area (Å²) in [6, 6.07) is 11.1. The Morgan fingerprint density at radius 3 is 2.26 bits per heavy atom. The molecule has 2 unspecified atom stereocenters. The minimum Gasteiger partial charge on any atom is -0.480 e. The number of rotatable bonds is 6. The molecule has 6 heteroatoms. The monoisotopic (exact) mass is 370 g/mol. The number of hydrogen-bond acceptors (Lipinski definition) is 3. The second-order valence-corrected chi connectivity index (χ2v) is 7.89. The van der Waals surface area contributed by atoms with Crippen molar-refractivity contribution in [1.82, 2.24) is 10.6 Å². The van der Waals surface area contributed by atoms with Crippen molar-refractivity contribution >= 4 is 28.6 Å². The summed E-state index contributed by atoms with van der Waals surface area (Å²) < 4.78 is 0. The molecule has 3 N–H and O–H groups in total. The summed E-state index contributed by atoms with van der Waals surface area (Å²) in [7, 11) is 0. The zero-order valence-electron chi connectivity index (χ0n) is 16.1. The molecule has 0 fully saturated rings. The molecule has 0 heterocycles. The molecular formula is C21H26N2O4. The minimum absolute atomic E-state index is 0.236. The van der Waals surface area contributed by atoms with Crippen molar-refractivity contribution in [3.63, 3.8) is 0 Å². The Kier molecular flexibility index (Phi) is 6.20. The Balaban J connectivity index is 2.26. The Bertz CT molecular complexity index is 849. The molecule has 0 aliphatic rings. The summed E-state index contributed by atoms with van der Waals surface area (Å²) in [6.07, 6.45) is 0.377. The van der Waals surface area contributed by atoms with Crippen LogP contribution in [0.15, 0.2) is 42.5 Å². The molecule has 2 amide bonds. The van der Waals surface area contributed by atoms with E-state index >= 15 is 0 Å². The third-order valence-electron chi connectivity index (χ3n) is 4.20. The second kappa shape index (κ2) is 8.20. The fourth-order valence-corrected chi connectivity index (χ4v) is 2.86. The van der Waals surface area contributed by atoms with Crippen molar-refractivity contribution < 1.29 is 19.5 Å². The molecule has 0 saturated carbocycles. The summed E-state index contributed by atoms with van der Waals surface area (Å²) in [5, 5.41) is 16.0. The Labute approximate surface area is 159 Å². The van der Waals surface area contributed by atoms with Gasteiger partial charge >= 0.3 is 5.97 Å². The predicted molar refractivity (Wildman–Crippen MR) is 105 cm³/mol. The van der Waals surface area contributed by atoms with Gasteiger partial charge in [-0.05, 0) is 35.6 Å². The normalized spacial score (nSPS) is 13.6. The van der Waals surface area contributed by atoms with Gasteiger partial charge in [-0.15, -0.1) is 0 Å². The van der Waals surface area contributed by atoms with E-state index in [-0.39, 0.29) is 11.3 Å². The van der Waals surface area contributed by atoms with Gasteiger partial charge < -0.3 is 15.7 Å². The van der Waals surface area contributed by atoms with E-state index in [4.69, 9.17) is 5.11 Å². The molecule has 2 aromatic rings. The van der Waals surface area contributed by atoms with Gasteiger partial charge in [0, 0.05) is 5.56 Å². The van der Waals surface area contributed by atoms with Crippen LogP contribution in [0.3, 0.4) is 0 Å². The number of nitrogens with one attached hydrogen (secondary N) is 2. The van der Waals surface area contributed by atoms with E-state index in [0.29, 0.717) is 12.0 Å². The summed E-state index contributed by atoms with van der Waals surface area (Å²) in [5.41, 5.74) is 0.242. The summed E-state index contributed by atoms with van der Waals surface area (Å²) in [6.45, 7) is 7.26. The van der Waals surface area contributed by atoms with Crippen LogP contribution in [0, 0.1) is 5.41 Å². The fraction of sp³-hybridized carbons (Fsp3) is 0.381. The molecule has 0 spiro atoms. The molecule has 2 rings (SSSR count). The van der Waals surface area contributed by atoms with Gasteiger partial charge in [0.05, 0.1) is 0 Å². The van der Waals surface area contributed by atoms with Gasteiger partial charge in [0.1, 0.15) is 12.1 Å². The van der Waals surface area contributed by atoms with Crippen molar-refractivity contribution in [3.05, 3.63) is 48.0 Å². The predicted octanol–water partition coefficient (Wildman–Crippen LogP) is 2.96. The molecule has 0 bridgehead atoms. The first-order valence-electron chi connectivity index (χ1n) is 8.90. The maximum Gasteiger partial charge on any atom is 0.325 e. The Morgan fingerprint density at radius 2 is 1.63 bits per heavy atom. The van der Waals surface area contributed by atoms with E-state index in [1.54, 1.807) is 12.1 Å². The van der Waals surface area contributed by atoms with Crippen molar-refractivity contribution in [2.45, 2.75) is 46.2 Å². The molecule has 0 aliphatic heterocycles. The SMILES string of the molecule is CC(NC(=O)C(CC(C)(C)C)NC(=O)c1cccc2ccccc12)C(=O)O. The molecule has 0 radical (unpaired) electrons. The molecule has 2 aromatic carbocycles. The average Bonchev–Trinajstić information content (AvgIpc) is 2.59. The quantitative estimate of drug-likeness (QED) is 0.728. The van der Waals surface area contributed by atoms with E-state index in [1.165, 1.54) is 6.92 Å². The standard InChI is InChI=1S/C21H26N2O4/c1-13(20(26)27)22-19(25)17(12-21(2,3)4)23-18(24)16-11-7-9-14-8-5-6-10-15(14)16/h5-11,13,17H,12H2,1-4H3,(H,22,25)(H,23,24)(H,26,27). The molecule has 6 nitrogen and oxygen atoms in total. The van der Waals surface area contributed by atoms with E-state index in [9.17, 15) is 14.4 Å². The van der Waals surface area contributed by atoms with Crippen LogP contribution >= 0.6 is 0 Å². The van der Waals surface area contributed by atoms with E-state index < -0.39 is 24.0 Å². The Morgan fingerprint density at radius 1 is 1.00 bits per heavy atom. The number of carbonyl (C=O) groups is 3. The zero-order valence-corrected chi connectivity index (χ0v) is 16.1. The highest BCUT2D eigenvalue weighted by atomic mass is 16.4. The molecule has 0 aliphatic carbocycles. The van der Waals surface area contributed by atoms with Gasteiger partial charge in [0.25, 0.3) is 5.91 Å². The highest BCUT2D eigenvalue weighted by molar-refractivity contribution is 6.08. The molecular weight excluding hydrogens is 344 g/mol. The summed E-state index contributed by atoms with van der Waals surface area (Å²) in [4.78, 5) is 36.5. The lowest BCUT2D eigenvalue weighted by molar-refractivity contribution is -0.141. The molecule has 27 heavy (non-hydrogen) atoms. The van der Waals surface area contributed by atoms with Crippen LogP contribution in [-0.4, -0.2) is 35.0 Å². The number of benzene rings is 2. The number of carboxylic acids is 1. The second-order valence-electron chi connectivity index (χ2n) is 7.89. The van der Waals surface area contributed by atoms with Crippen LogP contribution in [0.5, 0.6) is 0 Å². The zero-order chi connectivity index (χ0) is 20.2. The van der Waals surface area contributed by atoms with Crippen LogP contribution < -0.4 is 10.6 Å². The lowest BCUT2D eigenvalue weighted by atomic mass is 9.87. The van der Waals surface area contributed by atoms with E-state index in [1.807, 2.05) is 51.1 Å². The number of amides is 2. The third-order valence-corrected chi connectivity index (χ3v) is 4.20. The number of aliphatic carboxylic acids is 1. The topological polar surface area (TPSA) is 95.5 Å². The number of fused-ring (bicyclic) bond motifs is 1. The number of hydrogen-bond donors (Lipinski definition) is 3. The van der Waals surface area contributed by atoms with Crippen molar-refractivity contribution in [3.8, 4) is 0 Å².